The molecule has 11 heteroatoms. The molecular weight excluding hydrogens is 653 g/mol. The first kappa shape index (κ1) is 37.1. The number of esters is 1. The average Bonchev–Trinajstić information content (AvgIpc) is 3.55. The Morgan fingerprint density at radius 2 is 1.64 bits per heavy atom. The van der Waals surface area contributed by atoms with Crippen LogP contribution in [0.5, 0.6) is 11.5 Å². The lowest BCUT2D eigenvalue weighted by Crippen LogP contribution is -2.52. The van der Waals surface area contributed by atoms with Gasteiger partial charge < -0.3 is 33.9 Å². The molecule has 10 nitrogen and oxygen atoms in total. The van der Waals surface area contributed by atoms with E-state index in [1.807, 2.05) is 60.7 Å². The number of carbonyl (C=O) groups is 3. The second kappa shape index (κ2) is 15.8. The Bertz CT molecular complexity index is 1650. The third-order valence-corrected chi connectivity index (χ3v) is 15.0. The van der Waals surface area contributed by atoms with E-state index in [1.54, 1.807) is 24.0 Å². The van der Waals surface area contributed by atoms with E-state index < -0.39 is 19.8 Å². The Balaban J connectivity index is 1.56. The number of aliphatic hydroxyl groups is 1. The molecule has 3 aromatic rings. The van der Waals surface area contributed by atoms with Gasteiger partial charge in [0, 0.05) is 37.5 Å². The Hall–Kier alpha value is -4.19. The summed E-state index contributed by atoms with van der Waals surface area (Å²) in [5.74, 6) is 0.477. The number of ether oxygens (including phenoxy) is 4. The topological polar surface area (TPSA) is 115 Å². The molecule has 0 saturated carbocycles. The van der Waals surface area contributed by atoms with Crippen LogP contribution in [0.3, 0.4) is 0 Å². The molecule has 2 amide bonds. The lowest BCUT2D eigenvalue weighted by atomic mass is 9.82. The van der Waals surface area contributed by atoms with Gasteiger partial charge in [-0.15, -0.1) is 0 Å². The van der Waals surface area contributed by atoms with Gasteiger partial charge in [-0.3, -0.25) is 14.4 Å². The SMILES string of the molecule is COC(=O)CCCCN1C(=O)[C@]2(O[C@H](CC(=O)N(CCO)Cc3ccccc3)[C@@H]([Si](C)(C)c3ccc(OC)cc3)[C@@H]2C)c2cc(OC)ccc21. The van der Waals surface area contributed by atoms with Gasteiger partial charge in [0.1, 0.15) is 11.5 Å². The first-order valence-corrected chi connectivity index (χ1v) is 20.4. The van der Waals surface area contributed by atoms with Gasteiger partial charge in [0.25, 0.3) is 5.91 Å². The predicted molar refractivity (Wildman–Crippen MR) is 194 cm³/mol. The summed E-state index contributed by atoms with van der Waals surface area (Å²) in [4.78, 5) is 44.4. The number of unbranched alkanes of at least 4 members (excludes halogenated alkanes) is 1. The molecule has 2 aliphatic heterocycles. The van der Waals surface area contributed by atoms with Gasteiger partial charge in [-0.1, -0.05) is 67.7 Å². The van der Waals surface area contributed by atoms with Crippen LogP contribution < -0.4 is 19.6 Å². The standard InChI is InChI=1S/C39H50N2O8Si/c1-27-37(50(5,6)31-18-15-29(46-2)16-19-31)34(25-35(43)40(22-23-42)26-28-12-8-7-9-13-28)49-39(27)32-24-30(47-3)17-20-33(32)41(38(39)45)21-11-10-14-36(44)48-4/h7-9,12-13,15-20,24,27,34,37,42H,10-11,14,21-23,25-26H2,1-6H3/t27-,34+,37-,39+/m0/s1. The summed E-state index contributed by atoms with van der Waals surface area (Å²) in [5.41, 5.74) is 0.958. The van der Waals surface area contributed by atoms with Crippen molar-refractivity contribution in [1.82, 2.24) is 4.90 Å². The number of fused-ring (bicyclic) bond motifs is 2. The number of methoxy groups -OCH3 is 3. The molecule has 0 radical (unpaired) electrons. The van der Waals surface area contributed by atoms with E-state index in [1.165, 1.54) is 12.3 Å². The van der Waals surface area contributed by atoms with Crippen LogP contribution in [0.15, 0.2) is 72.8 Å². The van der Waals surface area contributed by atoms with Crippen LogP contribution in [-0.4, -0.2) is 83.0 Å². The minimum Gasteiger partial charge on any atom is -0.497 e. The molecule has 4 atom stereocenters. The highest BCUT2D eigenvalue weighted by Crippen LogP contribution is 2.60. The van der Waals surface area contributed by atoms with Crippen LogP contribution in [0.4, 0.5) is 5.69 Å². The minimum atomic E-state index is -2.49. The van der Waals surface area contributed by atoms with Crippen molar-refractivity contribution < 1.29 is 38.4 Å². The van der Waals surface area contributed by atoms with E-state index in [-0.39, 0.29) is 55.2 Å². The molecule has 2 heterocycles. The fourth-order valence-electron chi connectivity index (χ4n) is 8.00. The van der Waals surface area contributed by atoms with Gasteiger partial charge in [-0.2, -0.15) is 0 Å². The van der Waals surface area contributed by atoms with Crippen molar-refractivity contribution in [2.45, 2.75) is 69.5 Å². The Morgan fingerprint density at radius 1 is 0.960 bits per heavy atom. The number of benzene rings is 3. The largest absolute Gasteiger partial charge is 0.497 e. The highest BCUT2D eigenvalue weighted by atomic mass is 28.3. The highest BCUT2D eigenvalue weighted by Gasteiger charge is 2.66. The number of rotatable bonds is 15. The third kappa shape index (κ3) is 7.17. The molecule has 5 rings (SSSR count). The first-order valence-electron chi connectivity index (χ1n) is 17.3. The number of nitrogens with zero attached hydrogens (tertiary/aromatic N) is 2. The second-order valence-electron chi connectivity index (χ2n) is 13.8. The molecule has 2 aliphatic rings. The molecule has 50 heavy (non-hydrogen) atoms. The van der Waals surface area contributed by atoms with Crippen molar-refractivity contribution >= 4 is 36.7 Å². The van der Waals surface area contributed by atoms with E-state index >= 15 is 0 Å². The lowest BCUT2D eigenvalue weighted by molar-refractivity contribution is -0.150. The summed E-state index contributed by atoms with van der Waals surface area (Å²) in [6.45, 7) is 7.42. The summed E-state index contributed by atoms with van der Waals surface area (Å²) in [6.07, 6.45) is 0.921. The van der Waals surface area contributed by atoms with E-state index in [0.29, 0.717) is 31.7 Å². The molecule has 268 valence electrons. The van der Waals surface area contributed by atoms with Crippen LogP contribution >= 0.6 is 0 Å². The van der Waals surface area contributed by atoms with E-state index in [4.69, 9.17) is 18.9 Å². The van der Waals surface area contributed by atoms with Crippen molar-refractivity contribution in [2.24, 2.45) is 5.92 Å². The number of hydrogen-bond donors (Lipinski definition) is 1. The molecule has 3 aromatic carbocycles. The normalized spacial score (nSPS) is 21.3. The number of hydrogen-bond acceptors (Lipinski definition) is 8. The zero-order chi connectivity index (χ0) is 36.1. The summed E-state index contributed by atoms with van der Waals surface area (Å²) < 4.78 is 23.1. The molecule has 1 fully saturated rings. The molecule has 0 unspecified atom stereocenters. The molecular formula is C39H50N2O8Si. The molecule has 0 aromatic heterocycles. The van der Waals surface area contributed by atoms with Crippen molar-refractivity contribution in [3.05, 3.63) is 83.9 Å². The third-order valence-electron chi connectivity index (χ3n) is 10.6. The Labute approximate surface area is 296 Å². The zero-order valence-corrected chi connectivity index (χ0v) is 31.0. The van der Waals surface area contributed by atoms with Crippen molar-refractivity contribution in [1.29, 1.82) is 0 Å². The quantitative estimate of drug-likeness (QED) is 0.134. The lowest BCUT2D eigenvalue weighted by Gasteiger charge is -2.37. The first-order chi connectivity index (χ1) is 24.0. The summed E-state index contributed by atoms with van der Waals surface area (Å²) in [5, 5.41) is 11.1. The number of carbonyl (C=O) groups excluding carboxylic acids is 3. The van der Waals surface area contributed by atoms with E-state index in [9.17, 15) is 19.5 Å². The van der Waals surface area contributed by atoms with Crippen LogP contribution in [0.1, 0.15) is 43.7 Å². The van der Waals surface area contributed by atoms with Gasteiger partial charge in [-0.25, -0.2) is 0 Å². The number of anilines is 1. The summed E-state index contributed by atoms with van der Waals surface area (Å²) >= 11 is 0. The van der Waals surface area contributed by atoms with Crippen molar-refractivity contribution in [3.63, 3.8) is 0 Å². The van der Waals surface area contributed by atoms with Gasteiger partial charge in [-0.05, 0) is 54.3 Å². The van der Waals surface area contributed by atoms with Gasteiger partial charge in [0.15, 0.2) is 5.60 Å². The van der Waals surface area contributed by atoms with Crippen LogP contribution in [0.25, 0.3) is 0 Å². The van der Waals surface area contributed by atoms with Crippen LogP contribution in [0, 0.1) is 5.92 Å². The minimum absolute atomic E-state index is 0.0574. The van der Waals surface area contributed by atoms with Crippen LogP contribution in [-0.2, 0) is 36.0 Å². The maximum Gasteiger partial charge on any atom is 0.305 e. The van der Waals surface area contributed by atoms with Crippen LogP contribution in [0.2, 0.25) is 18.6 Å². The monoisotopic (exact) mass is 702 g/mol. The molecule has 1 N–H and O–H groups in total. The average molecular weight is 703 g/mol. The Morgan fingerprint density at radius 3 is 2.28 bits per heavy atom. The smallest absolute Gasteiger partial charge is 0.305 e. The van der Waals surface area contributed by atoms with E-state index in [2.05, 4.69) is 32.2 Å². The predicted octanol–water partition coefficient (Wildman–Crippen LogP) is 5.02. The maximum absolute atomic E-state index is 14.9. The summed E-state index contributed by atoms with van der Waals surface area (Å²) in [6, 6.07) is 23.5. The van der Waals surface area contributed by atoms with Gasteiger partial charge in [0.2, 0.25) is 5.91 Å². The maximum atomic E-state index is 14.9. The Kier molecular flexibility index (Phi) is 11.7. The zero-order valence-electron chi connectivity index (χ0n) is 30.0. The van der Waals surface area contributed by atoms with E-state index in [0.717, 1.165) is 22.6 Å². The molecule has 1 spiro atoms. The van der Waals surface area contributed by atoms with Crippen molar-refractivity contribution in [2.75, 3.05) is 45.9 Å². The molecule has 0 aliphatic carbocycles. The fourth-order valence-corrected chi connectivity index (χ4v) is 12.0. The van der Waals surface area contributed by atoms with Gasteiger partial charge >= 0.3 is 5.97 Å². The molecule has 1 saturated heterocycles. The van der Waals surface area contributed by atoms with Crippen molar-refractivity contribution in [3.8, 4) is 11.5 Å². The summed E-state index contributed by atoms with van der Waals surface area (Å²) in [7, 11) is 2.12. The number of aliphatic hydroxyl groups excluding tert-OH is 1. The number of amides is 2. The second-order valence-corrected chi connectivity index (χ2v) is 18.4. The van der Waals surface area contributed by atoms with Gasteiger partial charge in [0.05, 0.1) is 54.2 Å². The highest BCUT2D eigenvalue weighted by molar-refractivity contribution is 6.91. The fraction of sp³-hybridized carbons (Fsp3) is 0.462. The molecule has 0 bridgehead atoms.